The average Bonchev–Trinajstić information content (AvgIpc) is 2.40. The van der Waals surface area contributed by atoms with E-state index in [-0.39, 0.29) is 6.61 Å². The highest BCUT2D eigenvalue weighted by Crippen LogP contribution is 2.24. The van der Waals surface area contributed by atoms with Gasteiger partial charge in [-0.2, -0.15) is 0 Å². The molecule has 1 aromatic rings. The summed E-state index contributed by atoms with van der Waals surface area (Å²) in [6.07, 6.45) is 1.05. The Balaban J connectivity index is 3.11. The molecule has 0 unspecified atom stereocenters. The minimum Gasteiger partial charge on any atom is -0.494 e. The number of hydrogen-bond acceptors (Lipinski definition) is 5. The Bertz CT molecular complexity index is 568. The standard InChI is InChI=1S/C14H21NO5S/c1-5-19-13-9-7-12(8-10-13)15(21(4,17)18)11(3)14(16)20-6-2/h7-11H,5-6H2,1-4H3/t11-/m0/s1. The van der Waals surface area contributed by atoms with E-state index in [0.717, 1.165) is 10.6 Å². The molecule has 0 aliphatic carbocycles. The number of esters is 1. The summed E-state index contributed by atoms with van der Waals surface area (Å²) in [7, 11) is -3.61. The van der Waals surface area contributed by atoms with Crippen LogP contribution in [0.3, 0.4) is 0 Å². The minimum absolute atomic E-state index is 0.198. The molecule has 0 amide bonds. The molecular weight excluding hydrogens is 294 g/mol. The first-order valence-corrected chi connectivity index (χ1v) is 8.55. The van der Waals surface area contributed by atoms with E-state index in [4.69, 9.17) is 9.47 Å². The fraction of sp³-hybridized carbons (Fsp3) is 0.500. The number of sulfonamides is 1. The zero-order valence-electron chi connectivity index (χ0n) is 12.7. The molecule has 1 rings (SSSR count). The van der Waals surface area contributed by atoms with E-state index < -0.39 is 22.0 Å². The van der Waals surface area contributed by atoms with Gasteiger partial charge < -0.3 is 9.47 Å². The first-order valence-electron chi connectivity index (χ1n) is 6.70. The van der Waals surface area contributed by atoms with Crippen molar-refractivity contribution in [2.75, 3.05) is 23.8 Å². The maximum Gasteiger partial charge on any atom is 0.329 e. The topological polar surface area (TPSA) is 72.9 Å². The van der Waals surface area contributed by atoms with Crippen LogP contribution in [-0.4, -0.2) is 39.9 Å². The number of anilines is 1. The minimum atomic E-state index is -3.61. The number of carbonyl (C=O) groups is 1. The second-order valence-corrected chi connectivity index (χ2v) is 6.27. The van der Waals surface area contributed by atoms with Gasteiger partial charge in [0.1, 0.15) is 11.8 Å². The third-order valence-corrected chi connectivity index (χ3v) is 3.98. The van der Waals surface area contributed by atoms with E-state index in [1.54, 1.807) is 31.2 Å². The van der Waals surface area contributed by atoms with Gasteiger partial charge in [0, 0.05) is 0 Å². The molecule has 0 saturated carbocycles. The van der Waals surface area contributed by atoms with Gasteiger partial charge in [0.2, 0.25) is 10.0 Å². The van der Waals surface area contributed by atoms with Gasteiger partial charge in [-0.15, -0.1) is 0 Å². The lowest BCUT2D eigenvalue weighted by molar-refractivity contribution is -0.144. The summed E-state index contributed by atoms with van der Waals surface area (Å²) in [5.41, 5.74) is 0.390. The Hall–Kier alpha value is -1.76. The molecule has 21 heavy (non-hydrogen) atoms. The van der Waals surface area contributed by atoms with Gasteiger partial charge in [-0.1, -0.05) is 0 Å². The largest absolute Gasteiger partial charge is 0.494 e. The van der Waals surface area contributed by atoms with Crippen LogP contribution >= 0.6 is 0 Å². The first-order chi connectivity index (χ1) is 9.81. The monoisotopic (exact) mass is 315 g/mol. The third kappa shape index (κ3) is 4.63. The summed E-state index contributed by atoms with van der Waals surface area (Å²) < 4.78 is 35.2. The van der Waals surface area contributed by atoms with Crippen LogP contribution in [0.4, 0.5) is 5.69 Å². The lowest BCUT2D eigenvalue weighted by Gasteiger charge is -2.27. The lowest BCUT2D eigenvalue weighted by Crippen LogP contribution is -2.43. The van der Waals surface area contributed by atoms with Crippen molar-refractivity contribution in [2.45, 2.75) is 26.8 Å². The van der Waals surface area contributed by atoms with Gasteiger partial charge in [0.15, 0.2) is 0 Å². The molecule has 0 heterocycles. The zero-order chi connectivity index (χ0) is 16.0. The quantitative estimate of drug-likeness (QED) is 0.717. The fourth-order valence-electron chi connectivity index (χ4n) is 1.92. The predicted octanol–water partition coefficient (Wildman–Crippen LogP) is 1.80. The van der Waals surface area contributed by atoms with Gasteiger partial charge in [-0.05, 0) is 45.0 Å². The first kappa shape index (κ1) is 17.3. The second kappa shape index (κ2) is 7.31. The van der Waals surface area contributed by atoms with Crippen LogP contribution in [0.5, 0.6) is 5.75 Å². The van der Waals surface area contributed by atoms with Gasteiger partial charge in [0.25, 0.3) is 0 Å². The molecule has 1 atom stereocenters. The molecule has 0 spiro atoms. The molecule has 0 N–H and O–H groups in total. The van der Waals surface area contributed by atoms with E-state index in [0.29, 0.717) is 18.0 Å². The van der Waals surface area contributed by atoms with Crippen molar-refractivity contribution in [3.05, 3.63) is 24.3 Å². The van der Waals surface area contributed by atoms with Crippen LogP contribution in [0.1, 0.15) is 20.8 Å². The van der Waals surface area contributed by atoms with Gasteiger partial charge in [-0.3, -0.25) is 4.31 Å². The Morgan fingerprint density at radius 2 is 1.76 bits per heavy atom. The van der Waals surface area contributed by atoms with E-state index in [1.807, 2.05) is 6.92 Å². The van der Waals surface area contributed by atoms with Crippen molar-refractivity contribution in [3.8, 4) is 5.75 Å². The molecule has 118 valence electrons. The highest BCUT2D eigenvalue weighted by Gasteiger charge is 2.30. The average molecular weight is 315 g/mol. The number of rotatable bonds is 7. The Morgan fingerprint density at radius 3 is 2.19 bits per heavy atom. The molecule has 0 radical (unpaired) electrons. The summed E-state index contributed by atoms with van der Waals surface area (Å²) >= 11 is 0. The van der Waals surface area contributed by atoms with E-state index in [2.05, 4.69) is 0 Å². The molecule has 1 aromatic carbocycles. The Kier molecular flexibility index (Phi) is 6.02. The lowest BCUT2D eigenvalue weighted by atomic mass is 10.2. The SMILES string of the molecule is CCOC(=O)[C@H](C)N(c1ccc(OCC)cc1)S(C)(=O)=O. The molecule has 6 nitrogen and oxygen atoms in total. The summed E-state index contributed by atoms with van der Waals surface area (Å²) in [6.45, 7) is 5.75. The van der Waals surface area contributed by atoms with Crippen molar-refractivity contribution in [1.29, 1.82) is 0 Å². The number of nitrogens with zero attached hydrogens (tertiary/aromatic N) is 1. The summed E-state index contributed by atoms with van der Waals surface area (Å²) in [6, 6.07) is 5.59. The van der Waals surface area contributed by atoms with Gasteiger partial charge >= 0.3 is 5.97 Å². The summed E-state index contributed by atoms with van der Waals surface area (Å²) in [4.78, 5) is 11.8. The fourth-order valence-corrected chi connectivity index (χ4v) is 3.08. The molecule has 0 bridgehead atoms. The Morgan fingerprint density at radius 1 is 1.19 bits per heavy atom. The number of hydrogen-bond donors (Lipinski definition) is 0. The van der Waals surface area contributed by atoms with Crippen molar-refractivity contribution in [1.82, 2.24) is 0 Å². The van der Waals surface area contributed by atoms with Crippen molar-refractivity contribution >= 4 is 21.7 Å². The molecule has 0 aliphatic rings. The number of carbonyl (C=O) groups excluding carboxylic acids is 1. The van der Waals surface area contributed by atoms with Crippen molar-refractivity contribution < 1.29 is 22.7 Å². The van der Waals surface area contributed by atoms with Crippen LogP contribution in [0.25, 0.3) is 0 Å². The van der Waals surface area contributed by atoms with E-state index in [9.17, 15) is 13.2 Å². The number of benzene rings is 1. The maximum atomic E-state index is 12.0. The normalized spacial score (nSPS) is 12.6. The molecule has 0 saturated heterocycles. The Labute approximate surface area is 125 Å². The van der Waals surface area contributed by atoms with Crippen LogP contribution in [0.15, 0.2) is 24.3 Å². The molecule has 0 aromatic heterocycles. The third-order valence-electron chi connectivity index (χ3n) is 2.74. The molecule has 0 aliphatic heterocycles. The molecule has 0 fully saturated rings. The van der Waals surface area contributed by atoms with Crippen molar-refractivity contribution in [3.63, 3.8) is 0 Å². The van der Waals surface area contributed by atoms with Crippen LogP contribution < -0.4 is 9.04 Å². The van der Waals surface area contributed by atoms with E-state index in [1.165, 1.54) is 6.92 Å². The highest BCUT2D eigenvalue weighted by molar-refractivity contribution is 7.92. The zero-order valence-corrected chi connectivity index (χ0v) is 13.5. The van der Waals surface area contributed by atoms with Gasteiger partial charge in [-0.25, -0.2) is 13.2 Å². The van der Waals surface area contributed by atoms with Crippen LogP contribution in [-0.2, 0) is 19.6 Å². The summed E-state index contributed by atoms with van der Waals surface area (Å²) in [5.74, 6) is 0.0512. The predicted molar refractivity (Wildman–Crippen MR) is 81.0 cm³/mol. The molecular formula is C14H21NO5S. The van der Waals surface area contributed by atoms with Crippen LogP contribution in [0, 0.1) is 0 Å². The highest BCUT2D eigenvalue weighted by atomic mass is 32.2. The second-order valence-electron chi connectivity index (χ2n) is 4.41. The number of ether oxygens (including phenoxy) is 2. The summed E-state index contributed by atoms with van der Waals surface area (Å²) in [5, 5.41) is 0. The maximum absolute atomic E-state index is 12.0. The van der Waals surface area contributed by atoms with Crippen LogP contribution in [0.2, 0.25) is 0 Å². The molecule has 7 heteroatoms. The smallest absolute Gasteiger partial charge is 0.329 e. The van der Waals surface area contributed by atoms with Crippen molar-refractivity contribution in [2.24, 2.45) is 0 Å². The van der Waals surface area contributed by atoms with E-state index >= 15 is 0 Å². The van der Waals surface area contributed by atoms with Gasteiger partial charge in [0.05, 0.1) is 25.2 Å².